The lowest BCUT2D eigenvalue weighted by molar-refractivity contribution is -0.132. The first-order valence-electron chi connectivity index (χ1n) is 6.75. The van der Waals surface area contributed by atoms with Crippen LogP contribution in [0.3, 0.4) is 0 Å². The van der Waals surface area contributed by atoms with Crippen LogP contribution in [0, 0.1) is 5.92 Å². The number of carbonyl (C=O) groups excluding carboxylic acids is 2. The molecule has 0 rings (SSSR count). The first kappa shape index (κ1) is 17.7. The molecule has 0 spiro atoms. The monoisotopic (exact) mass is 272 g/mol. The van der Waals surface area contributed by atoms with Crippen molar-refractivity contribution in [1.29, 1.82) is 0 Å². The van der Waals surface area contributed by atoms with Crippen LogP contribution in [0.1, 0.15) is 48.0 Å². The molecule has 0 aliphatic rings. The van der Waals surface area contributed by atoms with Gasteiger partial charge < -0.3 is 15.0 Å². The standard InChI is InChI=1S/C14H28N2O3/c1-10(2)8-12(17)16(7)11(3)9-15-13(18)19-14(4,5)6/h10-11H,8-9H2,1-7H3,(H,15,18)/t11-/m0/s1. The number of alkyl carbamates (subject to hydrolysis) is 1. The smallest absolute Gasteiger partial charge is 0.407 e. The normalized spacial score (nSPS) is 13.1. The van der Waals surface area contributed by atoms with E-state index < -0.39 is 11.7 Å². The number of rotatable bonds is 5. The van der Waals surface area contributed by atoms with Crippen molar-refractivity contribution in [2.45, 2.75) is 59.6 Å². The molecule has 0 bridgehead atoms. The molecule has 1 atom stereocenters. The Morgan fingerprint density at radius 1 is 1.21 bits per heavy atom. The molecule has 0 radical (unpaired) electrons. The Kier molecular flexibility index (Phi) is 6.87. The lowest BCUT2D eigenvalue weighted by atomic mass is 10.1. The maximum Gasteiger partial charge on any atom is 0.407 e. The Bertz CT molecular complexity index is 308. The van der Waals surface area contributed by atoms with Gasteiger partial charge in [-0.1, -0.05) is 13.8 Å². The Labute approximate surface area is 116 Å². The summed E-state index contributed by atoms with van der Waals surface area (Å²) in [7, 11) is 1.76. The third kappa shape index (κ3) is 8.46. The zero-order valence-electron chi connectivity index (χ0n) is 13.2. The van der Waals surface area contributed by atoms with Crippen molar-refractivity contribution < 1.29 is 14.3 Å². The number of likely N-dealkylation sites (N-methyl/N-ethyl adjacent to an activating group) is 1. The summed E-state index contributed by atoms with van der Waals surface area (Å²) in [6, 6.07) is -0.0567. The zero-order valence-corrected chi connectivity index (χ0v) is 13.2. The summed E-state index contributed by atoms with van der Waals surface area (Å²) in [4.78, 5) is 25.0. The first-order chi connectivity index (χ1) is 8.53. The minimum Gasteiger partial charge on any atom is -0.444 e. The second kappa shape index (κ2) is 7.36. The van der Waals surface area contributed by atoms with Crippen LogP contribution in [-0.2, 0) is 9.53 Å². The second-order valence-electron chi connectivity index (χ2n) is 6.33. The summed E-state index contributed by atoms with van der Waals surface area (Å²) in [6.07, 6.45) is 0.0665. The molecule has 0 fully saturated rings. The zero-order chi connectivity index (χ0) is 15.2. The molecule has 2 amide bonds. The largest absolute Gasteiger partial charge is 0.444 e. The van der Waals surface area contributed by atoms with Crippen LogP contribution in [0.2, 0.25) is 0 Å². The molecule has 19 heavy (non-hydrogen) atoms. The molecule has 0 aromatic heterocycles. The molecule has 0 aliphatic heterocycles. The van der Waals surface area contributed by atoms with E-state index in [2.05, 4.69) is 5.32 Å². The Morgan fingerprint density at radius 3 is 2.16 bits per heavy atom. The fourth-order valence-corrected chi connectivity index (χ4v) is 1.42. The molecule has 0 unspecified atom stereocenters. The van der Waals surface area contributed by atoms with E-state index >= 15 is 0 Å². The summed E-state index contributed by atoms with van der Waals surface area (Å²) in [5.74, 6) is 0.425. The van der Waals surface area contributed by atoms with Gasteiger partial charge in [-0.25, -0.2) is 4.79 Å². The van der Waals surface area contributed by atoms with Gasteiger partial charge in [-0.15, -0.1) is 0 Å². The van der Waals surface area contributed by atoms with Crippen LogP contribution < -0.4 is 5.32 Å². The molecule has 5 heteroatoms. The highest BCUT2D eigenvalue weighted by Gasteiger charge is 2.19. The van der Waals surface area contributed by atoms with Gasteiger partial charge in [0, 0.05) is 26.1 Å². The van der Waals surface area contributed by atoms with Crippen LogP contribution in [0.25, 0.3) is 0 Å². The fourth-order valence-electron chi connectivity index (χ4n) is 1.42. The third-order valence-electron chi connectivity index (χ3n) is 2.58. The van der Waals surface area contributed by atoms with E-state index in [1.807, 2.05) is 41.5 Å². The summed E-state index contributed by atoms with van der Waals surface area (Å²) >= 11 is 0. The maximum absolute atomic E-state index is 11.9. The van der Waals surface area contributed by atoms with Crippen LogP contribution in [0.4, 0.5) is 4.79 Å². The number of hydrogen-bond acceptors (Lipinski definition) is 3. The average Bonchev–Trinajstić information content (AvgIpc) is 2.21. The van der Waals surface area contributed by atoms with E-state index in [0.29, 0.717) is 18.9 Å². The lowest BCUT2D eigenvalue weighted by Crippen LogP contribution is -2.44. The van der Waals surface area contributed by atoms with E-state index in [-0.39, 0.29) is 11.9 Å². The van der Waals surface area contributed by atoms with Gasteiger partial charge in [0.05, 0.1) is 0 Å². The van der Waals surface area contributed by atoms with Gasteiger partial charge in [0.25, 0.3) is 0 Å². The third-order valence-corrected chi connectivity index (χ3v) is 2.58. The summed E-state index contributed by atoms with van der Waals surface area (Å²) in [5.41, 5.74) is -0.507. The molecule has 0 aromatic carbocycles. The van der Waals surface area contributed by atoms with Crippen LogP contribution in [0.5, 0.6) is 0 Å². The molecular formula is C14H28N2O3. The fraction of sp³-hybridized carbons (Fsp3) is 0.857. The van der Waals surface area contributed by atoms with Gasteiger partial charge in [0.2, 0.25) is 5.91 Å². The van der Waals surface area contributed by atoms with Gasteiger partial charge in [0.1, 0.15) is 5.60 Å². The maximum atomic E-state index is 11.9. The van der Waals surface area contributed by atoms with Crippen molar-refractivity contribution >= 4 is 12.0 Å². The Morgan fingerprint density at radius 2 is 1.74 bits per heavy atom. The highest BCUT2D eigenvalue weighted by atomic mass is 16.6. The molecule has 0 saturated carbocycles. The van der Waals surface area contributed by atoms with Crippen LogP contribution in [0.15, 0.2) is 0 Å². The molecular weight excluding hydrogens is 244 g/mol. The van der Waals surface area contributed by atoms with E-state index in [1.165, 1.54) is 0 Å². The van der Waals surface area contributed by atoms with Crippen LogP contribution in [-0.4, -0.2) is 42.1 Å². The SMILES string of the molecule is CC(C)CC(=O)N(C)[C@@H](C)CNC(=O)OC(C)(C)C. The minimum atomic E-state index is -0.507. The molecule has 1 N–H and O–H groups in total. The van der Waals surface area contributed by atoms with Crippen LogP contribution >= 0.6 is 0 Å². The van der Waals surface area contributed by atoms with E-state index in [1.54, 1.807) is 11.9 Å². The number of ether oxygens (including phenoxy) is 1. The predicted molar refractivity (Wildman–Crippen MR) is 75.9 cm³/mol. The lowest BCUT2D eigenvalue weighted by Gasteiger charge is -2.27. The van der Waals surface area contributed by atoms with E-state index in [4.69, 9.17) is 4.74 Å². The predicted octanol–water partition coefficient (Wildman–Crippen LogP) is 2.40. The summed E-state index contributed by atoms with van der Waals surface area (Å²) < 4.78 is 5.14. The van der Waals surface area contributed by atoms with Gasteiger partial charge in [0.15, 0.2) is 0 Å². The Hall–Kier alpha value is -1.26. The van der Waals surface area contributed by atoms with Crippen molar-refractivity contribution in [2.75, 3.05) is 13.6 Å². The minimum absolute atomic E-state index is 0.0567. The number of amides is 2. The van der Waals surface area contributed by atoms with Crippen molar-refractivity contribution in [3.8, 4) is 0 Å². The molecule has 112 valence electrons. The summed E-state index contributed by atoms with van der Waals surface area (Å²) in [5, 5.41) is 2.67. The molecule has 0 aromatic rings. The molecule has 5 nitrogen and oxygen atoms in total. The van der Waals surface area contributed by atoms with Crippen molar-refractivity contribution in [2.24, 2.45) is 5.92 Å². The highest BCUT2D eigenvalue weighted by Crippen LogP contribution is 2.07. The molecule has 0 aliphatic carbocycles. The van der Waals surface area contributed by atoms with Crippen molar-refractivity contribution in [3.63, 3.8) is 0 Å². The van der Waals surface area contributed by atoms with E-state index in [0.717, 1.165) is 0 Å². The van der Waals surface area contributed by atoms with Crippen molar-refractivity contribution in [3.05, 3.63) is 0 Å². The quantitative estimate of drug-likeness (QED) is 0.836. The number of carbonyl (C=O) groups is 2. The topological polar surface area (TPSA) is 58.6 Å². The van der Waals surface area contributed by atoms with Gasteiger partial charge in [-0.05, 0) is 33.6 Å². The number of nitrogens with one attached hydrogen (secondary N) is 1. The van der Waals surface area contributed by atoms with E-state index in [9.17, 15) is 9.59 Å². The Balaban J connectivity index is 4.13. The van der Waals surface area contributed by atoms with Crippen molar-refractivity contribution in [1.82, 2.24) is 10.2 Å². The van der Waals surface area contributed by atoms with Gasteiger partial charge in [-0.3, -0.25) is 4.79 Å². The number of nitrogens with zero attached hydrogens (tertiary/aromatic N) is 1. The second-order valence-corrected chi connectivity index (χ2v) is 6.33. The highest BCUT2D eigenvalue weighted by molar-refractivity contribution is 5.76. The average molecular weight is 272 g/mol. The number of hydrogen-bond donors (Lipinski definition) is 1. The molecule has 0 saturated heterocycles. The molecule has 0 heterocycles. The first-order valence-corrected chi connectivity index (χ1v) is 6.75. The van der Waals surface area contributed by atoms with Gasteiger partial charge >= 0.3 is 6.09 Å². The summed E-state index contributed by atoms with van der Waals surface area (Å²) in [6.45, 7) is 11.7. The van der Waals surface area contributed by atoms with Gasteiger partial charge in [-0.2, -0.15) is 0 Å².